The molecule has 0 saturated carbocycles. The predicted molar refractivity (Wildman–Crippen MR) is 126 cm³/mol. The number of amides is 1. The zero-order valence-corrected chi connectivity index (χ0v) is 18.8. The number of nitrogens with zero attached hydrogens (tertiary/aromatic N) is 3. The molecule has 0 spiro atoms. The summed E-state index contributed by atoms with van der Waals surface area (Å²) >= 11 is 0. The molecule has 2 aromatic rings. The molecular formula is C25H32N4O2. The van der Waals surface area contributed by atoms with Crippen LogP contribution >= 0.6 is 0 Å². The molecule has 1 aromatic heterocycles. The third kappa shape index (κ3) is 7.50. The van der Waals surface area contributed by atoms with Crippen LogP contribution in [-0.2, 0) is 22.7 Å². The van der Waals surface area contributed by atoms with Crippen LogP contribution in [0, 0.1) is 0 Å². The van der Waals surface area contributed by atoms with Crippen LogP contribution in [0.4, 0.5) is 0 Å². The van der Waals surface area contributed by atoms with Gasteiger partial charge in [0, 0.05) is 32.2 Å². The van der Waals surface area contributed by atoms with E-state index in [1.807, 2.05) is 56.5 Å². The molecule has 0 radical (unpaired) electrons. The molecule has 0 aliphatic carbocycles. The normalized spacial score (nSPS) is 12.6. The van der Waals surface area contributed by atoms with Gasteiger partial charge in [-0.15, -0.1) is 0 Å². The maximum atomic E-state index is 11.8. The number of aliphatic imine (C=N–C) groups is 1. The fourth-order valence-electron chi connectivity index (χ4n) is 2.86. The van der Waals surface area contributed by atoms with Crippen molar-refractivity contribution in [3.05, 3.63) is 83.0 Å². The molecule has 2 N–H and O–H groups in total. The van der Waals surface area contributed by atoms with Crippen molar-refractivity contribution in [1.29, 1.82) is 0 Å². The van der Waals surface area contributed by atoms with Crippen molar-refractivity contribution in [2.75, 3.05) is 13.6 Å². The molecule has 0 unspecified atom stereocenters. The number of pyridine rings is 1. The molecule has 0 aliphatic rings. The molecule has 1 amide bonds. The number of benzene rings is 1. The number of hydrogen-bond acceptors (Lipinski definition) is 5. The van der Waals surface area contributed by atoms with Crippen LogP contribution in [0.2, 0.25) is 0 Å². The van der Waals surface area contributed by atoms with Crippen molar-refractivity contribution < 1.29 is 9.53 Å². The zero-order valence-electron chi connectivity index (χ0n) is 18.8. The molecule has 0 bridgehead atoms. The number of likely N-dealkylation sites (N-methyl/N-ethyl adjacent to an activating group) is 1. The predicted octanol–water partition coefficient (Wildman–Crippen LogP) is 4.33. The Labute approximate surface area is 185 Å². The molecule has 6 nitrogen and oxygen atoms in total. The average Bonchev–Trinajstić information content (AvgIpc) is 2.81. The summed E-state index contributed by atoms with van der Waals surface area (Å²) in [4.78, 5) is 22.1. The largest absolute Gasteiger partial charge is 0.473 e. The SMILES string of the molecule is C\C=C(/C=N/C(OCc1ccncc1)=C(\C)CC)c1cccc(CN(C)C(=O)CN)c1. The molecule has 6 heteroatoms. The fourth-order valence-corrected chi connectivity index (χ4v) is 2.86. The van der Waals surface area contributed by atoms with Crippen LogP contribution in [0.25, 0.3) is 5.57 Å². The highest BCUT2D eigenvalue weighted by atomic mass is 16.5. The maximum Gasteiger partial charge on any atom is 0.236 e. The zero-order chi connectivity index (χ0) is 22.6. The van der Waals surface area contributed by atoms with Crippen LogP contribution in [0.1, 0.15) is 43.9 Å². The quantitative estimate of drug-likeness (QED) is 0.458. The number of ether oxygens (including phenoxy) is 1. The van der Waals surface area contributed by atoms with E-state index in [0.29, 0.717) is 19.0 Å². The summed E-state index contributed by atoms with van der Waals surface area (Å²) in [6, 6.07) is 11.9. The minimum atomic E-state index is -0.0885. The van der Waals surface area contributed by atoms with Gasteiger partial charge in [0.25, 0.3) is 0 Å². The van der Waals surface area contributed by atoms with Crippen LogP contribution < -0.4 is 5.73 Å². The molecule has 0 fully saturated rings. The third-order valence-electron chi connectivity index (χ3n) is 4.93. The van der Waals surface area contributed by atoms with Gasteiger partial charge >= 0.3 is 0 Å². The molecule has 2 rings (SSSR count). The monoisotopic (exact) mass is 420 g/mol. The summed E-state index contributed by atoms with van der Waals surface area (Å²) in [7, 11) is 1.75. The number of rotatable bonds is 10. The number of aromatic nitrogens is 1. The van der Waals surface area contributed by atoms with Gasteiger partial charge in [0.15, 0.2) is 0 Å². The van der Waals surface area contributed by atoms with Crippen LogP contribution in [0.3, 0.4) is 0 Å². The number of carbonyl (C=O) groups excluding carboxylic acids is 1. The molecule has 0 saturated heterocycles. The Kier molecular flexibility index (Phi) is 9.65. The van der Waals surface area contributed by atoms with E-state index in [0.717, 1.165) is 34.3 Å². The van der Waals surface area contributed by atoms with E-state index in [2.05, 4.69) is 23.0 Å². The first-order chi connectivity index (χ1) is 15.0. The highest BCUT2D eigenvalue weighted by Gasteiger charge is 2.08. The Bertz CT molecular complexity index is 949. The van der Waals surface area contributed by atoms with Crippen molar-refractivity contribution in [3.63, 3.8) is 0 Å². The lowest BCUT2D eigenvalue weighted by atomic mass is 10.0. The second kappa shape index (κ2) is 12.4. The van der Waals surface area contributed by atoms with Gasteiger partial charge in [-0.3, -0.25) is 9.78 Å². The molecule has 0 aliphatic heterocycles. The number of nitrogens with two attached hydrogens (primary N) is 1. The van der Waals surface area contributed by atoms with E-state index >= 15 is 0 Å². The van der Waals surface area contributed by atoms with Crippen molar-refractivity contribution in [2.45, 2.75) is 40.3 Å². The summed E-state index contributed by atoms with van der Waals surface area (Å²) in [6.45, 7) is 7.04. The van der Waals surface area contributed by atoms with Gasteiger partial charge in [-0.2, -0.15) is 0 Å². The summed E-state index contributed by atoms with van der Waals surface area (Å²) in [5, 5.41) is 0. The smallest absolute Gasteiger partial charge is 0.236 e. The van der Waals surface area contributed by atoms with E-state index in [1.54, 1.807) is 24.3 Å². The minimum absolute atomic E-state index is 0.00828. The minimum Gasteiger partial charge on any atom is -0.473 e. The summed E-state index contributed by atoms with van der Waals surface area (Å²) in [6.07, 6.45) is 8.20. The molecule has 164 valence electrons. The number of carbonyl (C=O) groups is 1. The molecule has 1 heterocycles. The van der Waals surface area contributed by atoms with Crippen LogP contribution in [-0.4, -0.2) is 35.6 Å². The summed E-state index contributed by atoms with van der Waals surface area (Å²) in [5.74, 6) is 0.539. The van der Waals surface area contributed by atoms with Gasteiger partial charge < -0.3 is 15.4 Å². The topological polar surface area (TPSA) is 80.8 Å². The Morgan fingerprint density at radius 2 is 1.97 bits per heavy atom. The highest BCUT2D eigenvalue weighted by molar-refractivity contribution is 6.10. The first-order valence-electron chi connectivity index (χ1n) is 10.4. The van der Waals surface area contributed by atoms with Gasteiger partial charge in [-0.1, -0.05) is 31.2 Å². The summed E-state index contributed by atoms with van der Waals surface area (Å²) < 4.78 is 6.00. The van der Waals surface area contributed by atoms with E-state index in [1.165, 1.54) is 0 Å². The first kappa shape index (κ1) is 24.0. The van der Waals surface area contributed by atoms with Crippen molar-refractivity contribution >= 4 is 17.7 Å². The number of hydrogen-bond donors (Lipinski definition) is 1. The second-order valence-electron chi connectivity index (χ2n) is 7.24. The first-order valence-corrected chi connectivity index (χ1v) is 10.4. The van der Waals surface area contributed by atoms with Gasteiger partial charge in [-0.05, 0) is 66.3 Å². The Hall–Kier alpha value is -3.25. The second-order valence-corrected chi connectivity index (χ2v) is 7.24. The van der Waals surface area contributed by atoms with Crippen LogP contribution in [0.5, 0.6) is 0 Å². The number of allylic oxidation sites excluding steroid dienone is 3. The lowest BCUT2D eigenvalue weighted by Gasteiger charge is -2.17. The lowest BCUT2D eigenvalue weighted by Crippen LogP contribution is -2.32. The average molecular weight is 421 g/mol. The van der Waals surface area contributed by atoms with E-state index in [9.17, 15) is 4.79 Å². The van der Waals surface area contributed by atoms with Crippen molar-refractivity contribution in [1.82, 2.24) is 9.88 Å². The maximum absolute atomic E-state index is 11.8. The van der Waals surface area contributed by atoms with E-state index in [4.69, 9.17) is 10.5 Å². The standard InChI is InChI=1S/C25H32N4O2/c1-5-19(3)25(31-18-20-10-12-27-13-11-20)28-16-22(6-2)23-9-7-8-21(14-23)17-29(4)24(30)15-26/h6-14,16H,5,15,17-18,26H2,1-4H3/b22-6+,25-19-,28-16+. The Morgan fingerprint density at radius 1 is 1.23 bits per heavy atom. The molecular weight excluding hydrogens is 388 g/mol. The summed E-state index contributed by atoms with van der Waals surface area (Å²) in [5.41, 5.74) is 10.6. The van der Waals surface area contributed by atoms with Gasteiger partial charge in [-0.25, -0.2) is 4.99 Å². The fraction of sp³-hybridized carbons (Fsp3) is 0.320. The highest BCUT2D eigenvalue weighted by Crippen LogP contribution is 2.18. The molecule has 31 heavy (non-hydrogen) atoms. The van der Waals surface area contributed by atoms with Crippen molar-refractivity contribution in [2.24, 2.45) is 10.7 Å². The van der Waals surface area contributed by atoms with Crippen LogP contribution in [0.15, 0.2) is 71.3 Å². The molecule has 0 atom stereocenters. The van der Waals surface area contributed by atoms with E-state index in [-0.39, 0.29) is 12.5 Å². The van der Waals surface area contributed by atoms with Gasteiger partial charge in [0.1, 0.15) is 6.61 Å². The Morgan fingerprint density at radius 3 is 2.61 bits per heavy atom. The van der Waals surface area contributed by atoms with Gasteiger partial charge in [0.05, 0.1) is 6.54 Å². The molecule has 1 aromatic carbocycles. The van der Waals surface area contributed by atoms with E-state index < -0.39 is 0 Å². The Balaban J connectivity index is 2.17. The lowest BCUT2D eigenvalue weighted by molar-refractivity contribution is -0.128. The van der Waals surface area contributed by atoms with Gasteiger partial charge in [0.2, 0.25) is 11.8 Å². The van der Waals surface area contributed by atoms with Crippen molar-refractivity contribution in [3.8, 4) is 0 Å². The third-order valence-corrected chi connectivity index (χ3v) is 4.93.